The Hall–Kier alpha value is -1.88. The number of carbonyl (C=O) groups is 1. The minimum Gasteiger partial charge on any atom is -0.465 e. The number of rotatable bonds is 2. The first-order valence-electron chi connectivity index (χ1n) is 7.34. The molecule has 0 saturated heterocycles. The molecule has 1 aliphatic heterocycles. The maximum Gasteiger partial charge on any atom is 0.343 e. The van der Waals surface area contributed by atoms with Crippen LogP contribution in [0.4, 0.5) is 0 Å². The molecule has 0 spiro atoms. The van der Waals surface area contributed by atoms with Crippen molar-refractivity contribution in [3.8, 4) is 0 Å². The molecule has 5 heteroatoms. The molecule has 1 aromatic rings. The average Bonchev–Trinajstić information content (AvgIpc) is 2.54. The third-order valence-corrected chi connectivity index (χ3v) is 4.13. The number of ether oxygens (including phenoxy) is 2. The zero-order valence-electron chi connectivity index (χ0n) is 12.2. The Morgan fingerprint density at radius 2 is 2.24 bits per heavy atom. The van der Waals surface area contributed by atoms with E-state index in [1.807, 2.05) is 10.8 Å². The third kappa shape index (κ3) is 2.53. The van der Waals surface area contributed by atoms with E-state index in [4.69, 9.17) is 9.47 Å². The van der Waals surface area contributed by atoms with Crippen molar-refractivity contribution in [1.82, 2.24) is 4.57 Å². The Morgan fingerprint density at radius 1 is 1.38 bits per heavy atom. The Kier molecular flexibility index (Phi) is 3.92. The van der Waals surface area contributed by atoms with Crippen LogP contribution in [0.5, 0.6) is 0 Å². The van der Waals surface area contributed by atoms with Crippen molar-refractivity contribution in [3.63, 3.8) is 0 Å². The summed E-state index contributed by atoms with van der Waals surface area (Å²) in [7, 11) is 1.30. The molecule has 0 N–H and O–H groups in total. The summed E-state index contributed by atoms with van der Waals surface area (Å²) in [4.78, 5) is 24.8. The van der Waals surface area contributed by atoms with E-state index < -0.39 is 5.97 Å². The summed E-state index contributed by atoms with van der Waals surface area (Å²) in [5.74, 6) is -0.576. The summed E-state index contributed by atoms with van der Waals surface area (Å²) in [6.07, 6.45) is 8.13. The number of fused-ring (bicyclic) bond motifs is 1. The van der Waals surface area contributed by atoms with Crippen LogP contribution in [0.3, 0.4) is 0 Å². The zero-order chi connectivity index (χ0) is 14.8. The van der Waals surface area contributed by atoms with Crippen LogP contribution in [0.25, 0.3) is 5.57 Å². The Labute approximate surface area is 123 Å². The molecule has 3 rings (SSSR count). The molecule has 0 amide bonds. The number of methoxy groups -OCH3 is 1. The predicted molar refractivity (Wildman–Crippen MR) is 78.1 cm³/mol. The monoisotopic (exact) mass is 289 g/mol. The van der Waals surface area contributed by atoms with Crippen LogP contribution in [0.1, 0.15) is 47.3 Å². The second-order valence-electron chi connectivity index (χ2n) is 5.41. The molecule has 2 heterocycles. The van der Waals surface area contributed by atoms with Gasteiger partial charge in [-0.3, -0.25) is 4.79 Å². The lowest BCUT2D eigenvalue weighted by atomic mass is 9.93. The molecule has 0 radical (unpaired) electrons. The van der Waals surface area contributed by atoms with E-state index in [-0.39, 0.29) is 17.6 Å². The van der Waals surface area contributed by atoms with E-state index in [0.717, 1.165) is 31.3 Å². The van der Waals surface area contributed by atoms with Gasteiger partial charge in [0, 0.05) is 18.3 Å². The van der Waals surface area contributed by atoms with Crippen LogP contribution in [0.15, 0.2) is 17.1 Å². The van der Waals surface area contributed by atoms with Gasteiger partial charge in [-0.05, 0) is 31.3 Å². The van der Waals surface area contributed by atoms with E-state index in [1.54, 1.807) is 0 Å². The molecule has 0 atom stereocenters. The highest BCUT2D eigenvalue weighted by atomic mass is 16.5. The standard InChI is InChI=1S/C16H19NO4/c1-20-16(19)14-13-10-21-8-7-17(13)9-12(15(14)18)11-5-3-2-4-6-11/h5,9H,2-4,6-8,10H2,1H3. The maximum atomic E-state index is 12.7. The summed E-state index contributed by atoms with van der Waals surface area (Å²) in [6, 6.07) is 0. The van der Waals surface area contributed by atoms with Gasteiger partial charge in [-0.25, -0.2) is 4.79 Å². The lowest BCUT2D eigenvalue weighted by molar-refractivity contribution is 0.0565. The topological polar surface area (TPSA) is 57.5 Å². The first-order chi connectivity index (χ1) is 10.2. The molecule has 0 aromatic carbocycles. The van der Waals surface area contributed by atoms with Gasteiger partial charge in [0.2, 0.25) is 5.43 Å². The SMILES string of the molecule is COC(=O)c1c2n(cc(C3=CCCCC3)c1=O)CCOC2. The molecular formula is C16H19NO4. The molecule has 1 aromatic heterocycles. The Morgan fingerprint density at radius 3 is 2.95 bits per heavy atom. The van der Waals surface area contributed by atoms with E-state index in [9.17, 15) is 9.59 Å². The van der Waals surface area contributed by atoms with E-state index in [2.05, 4.69) is 6.08 Å². The number of aromatic nitrogens is 1. The lowest BCUT2D eigenvalue weighted by Crippen LogP contribution is -2.30. The number of carbonyl (C=O) groups excluding carboxylic acids is 1. The van der Waals surface area contributed by atoms with Gasteiger partial charge in [0.05, 0.1) is 26.0 Å². The fraction of sp³-hybridized carbons (Fsp3) is 0.500. The van der Waals surface area contributed by atoms with Crippen molar-refractivity contribution in [2.75, 3.05) is 13.7 Å². The van der Waals surface area contributed by atoms with Gasteiger partial charge >= 0.3 is 5.97 Å². The van der Waals surface area contributed by atoms with Gasteiger partial charge < -0.3 is 14.0 Å². The van der Waals surface area contributed by atoms with Crippen LogP contribution in [0, 0.1) is 0 Å². The summed E-state index contributed by atoms with van der Waals surface area (Å²) in [6.45, 7) is 1.52. The summed E-state index contributed by atoms with van der Waals surface area (Å²) < 4.78 is 12.1. The zero-order valence-corrected chi connectivity index (χ0v) is 12.2. The Balaban J connectivity index is 2.20. The van der Waals surface area contributed by atoms with E-state index in [0.29, 0.717) is 24.4 Å². The van der Waals surface area contributed by atoms with Gasteiger partial charge in [0.15, 0.2) is 0 Å². The largest absolute Gasteiger partial charge is 0.465 e. The normalized spacial score (nSPS) is 17.9. The summed E-state index contributed by atoms with van der Waals surface area (Å²) >= 11 is 0. The number of pyridine rings is 1. The smallest absolute Gasteiger partial charge is 0.343 e. The highest BCUT2D eigenvalue weighted by molar-refractivity contribution is 5.91. The second-order valence-corrected chi connectivity index (χ2v) is 5.41. The van der Waals surface area contributed by atoms with Crippen molar-refractivity contribution in [2.24, 2.45) is 0 Å². The number of hydrogen-bond donors (Lipinski definition) is 0. The van der Waals surface area contributed by atoms with Crippen LogP contribution in [0.2, 0.25) is 0 Å². The first kappa shape index (κ1) is 14.1. The van der Waals surface area contributed by atoms with E-state index >= 15 is 0 Å². The molecule has 2 aliphatic rings. The second kappa shape index (κ2) is 5.85. The van der Waals surface area contributed by atoms with Gasteiger partial charge in [-0.15, -0.1) is 0 Å². The van der Waals surface area contributed by atoms with Crippen molar-refractivity contribution in [3.05, 3.63) is 39.3 Å². The fourth-order valence-electron chi connectivity index (χ4n) is 3.01. The molecule has 112 valence electrons. The third-order valence-electron chi connectivity index (χ3n) is 4.13. The summed E-state index contributed by atoms with van der Waals surface area (Å²) in [5, 5.41) is 0. The molecule has 0 unspecified atom stereocenters. The van der Waals surface area contributed by atoms with Gasteiger partial charge in [0.1, 0.15) is 5.56 Å². The fourth-order valence-corrected chi connectivity index (χ4v) is 3.01. The van der Waals surface area contributed by atoms with Crippen LogP contribution >= 0.6 is 0 Å². The van der Waals surface area contributed by atoms with Crippen molar-refractivity contribution in [2.45, 2.75) is 38.8 Å². The summed E-state index contributed by atoms with van der Waals surface area (Å²) in [5.41, 5.74) is 2.21. The van der Waals surface area contributed by atoms with Gasteiger partial charge in [-0.1, -0.05) is 6.08 Å². The minimum absolute atomic E-state index is 0.126. The minimum atomic E-state index is -0.576. The van der Waals surface area contributed by atoms with Crippen LogP contribution < -0.4 is 5.43 Å². The van der Waals surface area contributed by atoms with Crippen LogP contribution in [-0.2, 0) is 22.6 Å². The quantitative estimate of drug-likeness (QED) is 0.783. The molecule has 0 bridgehead atoms. The van der Waals surface area contributed by atoms with Crippen molar-refractivity contribution in [1.29, 1.82) is 0 Å². The predicted octanol–water partition coefficient (Wildman–Crippen LogP) is 2.12. The molecule has 0 saturated carbocycles. The lowest BCUT2D eigenvalue weighted by Gasteiger charge is -2.23. The van der Waals surface area contributed by atoms with Gasteiger partial charge in [0.25, 0.3) is 0 Å². The first-order valence-corrected chi connectivity index (χ1v) is 7.34. The molecule has 1 aliphatic carbocycles. The van der Waals surface area contributed by atoms with Crippen molar-refractivity contribution >= 4 is 11.5 Å². The highest BCUT2D eigenvalue weighted by Crippen LogP contribution is 2.26. The van der Waals surface area contributed by atoms with Crippen molar-refractivity contribution < 1.29 is 14.3 Å². The maximum absolute atomic E-state index is 12.7. The molecular weight excluding hydrogens is 270 g/mol. The number of allylic oxidation sites excluding steroid dienone is 2. The van der Waals surface area contributed by atoms with Gasteiger partial charge in [-0.2, -0.15) is 0 Å². The molecule has 0 fully saturated rings. The van der Waals surface area contributed by atoms with E-state index in [1.165, 1.54) is 7.11 Å². The Bertz CT molecular complexity index is 657. The molecule has 5 nitrogen and oxygen atoms in total. The highest BCUT2D eigenvalue weighted by Gasteiger charge is 2.25. The molecule has 21 heavy (non-hydrogen) atoms. The number of esters is 1. The van der Waals surface area contributed by atoms with Crippen LogP contribution in [-0.4, -0.2) is 24.3 Å². The average molecular weight is 289 g/mol. The number of hydrogen-bond acceptors (Lipinski definition) is 4. The number of nitrogens with zero attached hydrogens (tertiary/aromatic N) is 1.